The quantitative estimate of drug-likeness (QED) is 0.754. The highest BCUT2D eigenvalue weighted by Gasteiger charge is 2.39. The third kappa shape index (κ3) is 4.57. The van der Waals surface area contributed by atoms with Crippen LogP contribution in [0.2, 0.25) is 0 Å². The van der Waals surface area contributed by atoms with Gasteiger partial charge in [0, 0.05) is 18.3 Å². The number of benzene rings is 2. The van der Waals surface area contributed by atoms with Crippen LogP contribution in [-0.4, -0.2) is 59.7 Å². The van der Waals surface area contributed by atoms with Gasteiger partial charge in [-0.25, -0.2) is 4.39 Å². The summed E-state index contributed by atoms with van der Waals surface area (Å²) in [6.45, 7) is 0.173. The molecule has 2 aliphatic rings. The van der Waals surface area contributed by atoms with Crippen molar-refractivity contribution in [3.63, 3.8) is 0 Å². The molecule has 9 heteroatoms. The minimum Gasteiger partial charge on any atom is -0.490 e. The molecule has 0 aliphatic carbocycles. The molecular formula is C23H23FN2O6. The van der Waals surface area contributed by atoms with Gasteiger partial charge >= 0.3 is 5.97 Å². The zero-order valence-corrected chi connectivity index (χ0v) is 17.4. The summed E-state index contributed by atoms with van der Waals surface area (Å²) in [4.78, 5) is 38.2. The summed E-state index contributed by atoms with van der Waals surface area (Å²) in [6, 6.07) is 9.66. The van der Waals surface area contributed by atoms with Crippen molar-refractivity contribution in [1.29, 1.82) is 0 Å². The van der Waals surface area contributed by atoms with Crippen LogP contribution in [0.4, 0.5) is 10.1 Å². The van der Waals surface area contributed by atoms with Crippen LogP contribution in [0.3, 0.4) is 0 Å². The molecule has 2 aliphatic heterocycles. The standard InChI is InChI=1S/C23H23FN2O6/c1-26-18-8-7-16(11-21(27)28)32-20(18)12-31-19-9-6-15(10-17(19)23(26)30)25-22(29)13-2-4-14(24)5-3-13/h2-6,9-10,16,18,20H,7-8,11-12H2,1H3,(H,25,29)(H,27,28)/t16-,18-,20+/m0/s1. The van der Waals surface area contributed by atoms with Crippen LogP contribution in [0.1, 0.15) is 40.0 Å². The number of fused-ring (bicyclic) bond motifs is 2. The Morgan fingerprint density at radius 2 is 1.94 bits per heavy atom. The smallest absolute Gasteiger partial charge is 0.305 e. The molecular weight excluding hydrogens is 419 g/mol. The lowest BCUT2D eigenvalue weighted by Crippen LogP contribution is -2.53. The number of carboxylic acid groups (broad SMARTS) is 1. The molecule has 2 heterocycles. The number of hydrogen-bond acceptors (Lipinski definition) is 5. The van der Waals surface area contributed by atoms with Crippen LogP contribution in [0.15, 0.2) is 42.5 Å². The van der Waals surface area contributed by atoms with Gasteiger partial charge in [0.05, 0.1) is 24.1 Å². The Labute approximate surface area is 183 Å². The van der Waals surface area contributed by atoms with Crippen LogP contribution in [0, 0.1) is 5.82 Å². The number of nitrogens with zero attached hydrogens (tertiary/aromatic N) is 1. The first-order valence-corrected chi connectivity index (χ1v) is 10.3. The van der Waals surface area contributed by atoms with Gasteiger partial charge in [-0.1, -0.05) is 0 Å². The summed E-state index contributed by atoms with van der Waals surface area (Å²) < 4.78 is 24.9. The highest BCUT2D eigenvalue weighted by molar-refractivity contribution is 6.05. The number of hydrogen-bond donors (Lipinski definition) is 2. The number of rotatable bonds is 4. The Kier molecular flexibility index (Phi) is 6.09. The first-order valence-electron chi connectivity index (χ1n) is 10.3. The van der Waals surface area contributed by atoms with Gasteiger partial charge in [-0.15, -0.1) is 0 Å². The van der Waals surface area contributed by atoms with Gasteiger partial charge in [0.1, 0.15) is 24.3 Å². The molecule has 2 aromatic carbocycles. The average molecular weight is 442 g/mol. The molecule has 0 unspecified atom stereocenters. The molecule has 1 saturated heterocycles. The number of anilines is 1. The minimum absolute atomic E-state index is 0.0887. The maximum atomic E-state index is 13.2. The molecule has 1 fully saturated rings. The van der Waals surface area contributed by atoms with E-state index >= 15 is 0 Å². The third-order valence-electron chi connectivity index (χ3n) is 5.78. The van der Waals surface area contributed by atoms with Gasteiger partial charge in [0.2, 0.25) is 0 Å². The van der Waals surface area contributed by atoms with Crippen molar-refractivity contribution in [3.8, 4) is 5.75 Å². The molecule has 2 N–H and O–H groups in total. The Morgan fingerprint density at radius 1 is 1.19 bits per heavy atom. The molecule has 168 valence electrons. The lowest BCUT2D eigenvalue weighted by atomic mass is 9.94. The fourth-order valence-corrected chi connectivity index (χ4v) is 4.10. The van der Waals surface area contributed by atoms with Gasteiger partial charge < -0.3 is 24.8 Å². The second-order valence-electron chi connectivity index (χ2n) is 7.94. The number of carbonyl (C=O) groups is 3. The van der Waals surface area contributed by atoms with E-state index in [9.17, 15) is 18.8 Å². The second kappa shape index (κ2) is 8.96. The normalized spacial score (nSPS) is 22.6. The zero-order valence-electron chi connectivity index (χ0n) is 17.4. The van der Waals surface area contributed by atoms with Gasteiger partial charge in [-0.05, 0) is 55.3 Å². The number of likely N-dealkylation sites (N-methyl/N-ethyl adjacent to an activating group) is 1. The molecule has 4 rings (SSSR count). The highest BCUT2D eigenvalue weighted by atomic mass is 19.1. The summed E-state index contributed by atoms with van der Waals surface area (Å²) in [5.74, 6) is -1.72. The van der Waals surface area contributed by atoms with E-state index in [2.05, 4.69) is 5.32 Å². The predicted octanol–water partition coefficient (Wildman–Crippen LogP) is 2.93. The van der Waals surface area contributed by atoms with Crippen LogP contribution >= 0.6 is 0 Å². The third-order valence-corrected chi connectivity index (χ3v) is 5.78. The van der Waals surface area contributed by atoms with Crippen LogP contribution < -0.4 is 10.1 Å². The average Bonchev–Trinajstić information content (AvgIpc) is 2.76. The van der Waals surface area contributed by atoms with E-state index < -0.39 is 29.9 Å². The van der Waals surface area contributed by atoms with Gasteiger partial charge in [-0.3, -0.25) is 14.4 Å². The van der Waals surface area contributed by atoms with Crippen molar-refractivity contribution in [3.05, 3.63) is 59.4 Å². The number of aliphatic carboxylic acids is 1. The second-order valence-corrected chi connectivity index (χ2v) is 7.94. The Balaban J connectivity index is 1.53. The summed E-state index contributed by atoms with van der Waals surface area (Å²) in [7, 11) is 1.68. The monoisotopic (exact) mass is 442 g/mol. The first kappa shape index (κ1) is 21.8. The molecule has 32 heavy (non-hydrogen) atoms. The first-order chi connectivity index (χ1) is 15.3. The fourth-order valence-electron chi connectivity index (χ4n) is 4.10. The molecule has 2 amide bonds. The largest absolute Gasteiger partial charge is 0.490 e. The molecule has 0 bridgehead atoms. The van der Waals surface area contributed by atoms with Crippen LogP contribution in [0.5, 0.6) is 5.75 Å². The van der Waals surface area contributed by atoms with Crippen molar-refractivity contribution in [2.75, 3.05) is 19.0 Å². The molecule has 0 spiro atoms. The van der Waals surface area contributed by atoms with Crippen molar-refractivity contribution < 1.29 is 33.4 Å². The van der Waals surface area contributed by atoms with Crippen LogP contribution in [-0.2, 0) is 9.53 Å². The Hall–Kier alpha value is -3.46. The molecule has 0 radical (unpaired) electrons. The number of carboxylic acids is 1. The van der Waals surface area contributed by atoms with E-state index in [0.717, 1.165) is 0 Å². The van der Waals surface area contributed by atoms with E-state index in [0.29, 0.717) is 29.8 Å². The molecule has 0 aromatic heterocycles. The fraction of sp³-hybridized carbons (Fsp3) is 0.348. The summed E-state index contributed by atoms with van der Waals surface area (Å²) in [5, 5.41) is 11.7. The molecule has 2 aromatic rings. The molecule has 3 atom stereocenters. The lowest BCUT2D eigenvalue weighted by molar-refractivity contribution is -0.148. The number of carbonyl (C=O) groups excluding carboxylic acids is 2. The van der Waals surface area contributed by atoms with Gasteiger partial charge in [0.15, 0.2) is 0 Å². The predicted molar refractivity (Wildman–Crippen MR) is 112 cm³/mol. The lowest BCUT2D eigenvalue weighted by Gasteiger charge is -2.42. The van der Waals surface area contributed by atoms with Gasteiger partial charge in [-0.2, -0.15) is 0 Å². The zero-order chi connectivity index (χ0) is 22.8. The van der Waals surface area contributed by atoms with Gasteiger partial charge in [0.25, 0.3) is 11.8 Å². The van der Waals surface area contributed by atoms with E-state index in [-0.39, 0.29) is 30.5 Å². The topological polar surface area (TPSA) is 105 Å². The Morgan fingerprint density at radius 3 is 2.66 bits per heavy atom. The van der Waals surface area contributed by atoms with E-state index in [1.807, 2.05) is 0 Å². The highest BCUT2D eigenvalue weighted by Crippen LogP contribution is 2.32. The van der Waals surface area contributed by atoms with Crippen molar-refractivity contribution in [2.24, 2.45) is 0 Å². The SMILES string of the molecule is CN1C(=O)c2cc(NC(=O)c3ccc(F)cc3)ccc2OC[C@H]2O[C@H](CC(=O)O)CC[C@@H]21. The molecule has 8 nitrogen and oxygen atoms in total. The number of halogens is 1. The van der Waals surface area contributed by atoms with Crippen LogP contribution in [0.25, 0.3) is 0 Å². The van der Waals surface area contributed by atoms with E-state index in [1.165, 1.54) is 24.3 Å². The van der Waals surface area contributed by atoms with E-state index in [1.54, 1.807) is 30.1 Å². The minimum atomic E-state index is -0.926. The summed E-state index contributed by atoms with van der Waals surface area (Å²) >= 11 is 0. The van der Waals surface area contributed by atoms with Crippen molar-refractivity contribution in [1.82, 2.24) is 4.90 Å². The maximum absolute atomic E-state index is 13.2. The molecule has 0 saturated carbocycles. The summed E-state index contributed by atoms with van der Waals surface area (Å²) in [6.07, 6.45) is 0.196. The number of nitrogens with one attached hydrogen (secondary N) is 1. The van der Waals surface area contributed by atoms with Crippen molar-refractivity contribution in [2.45, 2.75) is 37.5 Å². The number of ether oxygens (including phenoxy) is 2. The maximum Gasteiger partial charge on any atom is 0.305 e. The number of amides is 2. The van der Waals surface area contributed by atoms with E-state index in [4.69, 9.17) is 14.6 Å². The summed E-state index contributed by atoms with van der Waals surface area (Å²) in [5.41, 5.74) is 0.994. The van der Waals surface area contributed by atoms with Crippen molar-refractivity contribution >= 4 is 23.5 Å². The Bertz CT molecular complexity index is 1040.